The van der Waals surface area contributed by atoms with Crippen molar-refractivity contribution in [2.24, 2.45) is 12.5 Å². The molecule has 1 aliphatic carbocycles. The van der Waals surface area contributed by atoms with Crippen LogP contribution >= 0.6 is 0 Å². The number of aryl methyl sites for hydroxylation is 2. The summed E-state index contributed by atoms with van der Waals surface area (Å²) in [6.07, 6.45) is 10.3. The van der Waals surface area contributed by atoms with Crippen LogP contribution in [0, 0.1) is 5.41 Å². The molecule has 0 saturated heterocycles. The van der Waals surface area contributed by atoms with Crippen molar-refractivity contribution in [3.8, 4) is 0 Å². The molecule has 3 nitrogen and oxygen atoms in total. The van der Waals surface area contributed by atoms with Gasteiger partial charge in [-0.15, -0.1) is 0 Å². The van der Waals surface area contributed by atoms with Gasteiger partial charge in [-0.2, -0.15) is 0 Å². The highest BCUT2D eigenvalue weighted by Gasteiger charge is 2.34. The molecule has 3 heteroatoms. The normalized spacial score (nSPS) is 29.8. The van der Waals surface area contributed by atoms with Crippen LogP contribution in [0.5, 0.6) is 0 Å². The van der Waals surface area contributed by atoms with E-state index in [2.05, 4.69) is 35.9 Å². The molecular weight excluding hydrogens is 198 g/mol. The van der Waals surface area contributed by atoms with Crippen LogP contribution in [0.4, 0.5) is 0 Å². The summed E-state index contributed by atoms with van der Waals surface area (Å²) in [5.41, 5.74) is 0.514. The number of imidazole rings is 1. The molecule has 0 aromatic carbocycles. The summed E-state index contributed by atoms with van der Waals surface area (Å²) in [5, 5.41) is 3.40. The lowest BCUT2D eigenvalue weighted by atomic mass is 9.83. The molecule has 1 aliphatic rings. The summed E-state index contributed by atoms with van der Waals surface area (Å²) in [4.78, 5) is 4.39. The number of nitrogens with zero attached hydrogens (tertiary/aromatic N) is 2. The predicted octanol–water partition coefficient (Wildman–Crippen LogP) is 2.13. The quantitative estimate of drug-likeness (QED) is 0.844. The number of hydrogen-bond donors (Lipinski definition) is 1. The molecular formula is C13H23N3. The lowest BCUT2D eigenvalue weighted by molar-refractivity contribution is 0.297. The third kappa shape index (κ3) is 2.46. The molecule has 2 unspecified atom stereocenters. The molecule has 1 heterocycles. The molecule has 0 amide bonds. The first kappa shape index (κ1) is 11.6. The van der Waals surface area contributed by atoms with E-state index >= 15 is 0 Å². The summed E-state index contributed by atoms with van der Waals surface area (Å²) in [7, 11) is 4.16. The first-order valence-corrected chi connectivity index (χ1v) is 6.26. The summed E-state index contributed by atoms with van der Waals surface area (Å²) in [6.45, 7) is 2.42. The lowest BCUT2D eigenvalue weighted by Crippen LogP contribution is -2.24. The van der Waals surface area contributed by atoms with Crippen molar-refractivity contribution in [3.63, 3.8) is 0 Å². The fourth-order valence-electron chi connectivity index (χ4n) is 2.85. The molecule has 0 aliphatic heterocycles. The van der Waals surface area contributed by atoms with Crippen molar-refractivity contribution in [3.05, 3.63) is 18.2 Å². The minimum Gasteiger partial charge on any atom is -0.338 e. The molecule has 1 aromatic heterocycles. The number of aromatic nitrogens is 2. The Morgan fingerprint density at radius 1 is 1.62 bits per heavy atom. The van der Waals surface area contributed by atoms with Gasteiger partial charge in [0.15, 0.2) is 0 Å². The highest BCUT2D eigenvalue weighted by molar-refractivity contribution is 4.95. The Morgan fingerprint density at radius 3 is 3.00 bits per heavy atom. The van der Waals surface area contributed by atoms with Crippen LogP contribution in [0.15, 0.2) is 12.4 Å². The van der Waals surface area contributed by atoms with Crippen molar-refractivity contribution in [2.45, 2.75) is 45.1 Å². The third-order valence-corrected chi connectivity index (χ3v) is 4.12. The largest absolute Gasteiger partial charge is 0.338 e. The minimum atomic E-state index is 0.514. The Labute approximate surface area is 98.3 Å². The highest BCUT2D eigenvalue weighted by atomic mass is 15.0. The van der Waals surface area contributed by atoms with Crippen molar-refractivity contribution in [1.29, 1.82) is 0 Å². The molecule has 0 spiro atoms. The first-order valence-electron chi connectivity index (χ1n) is 6.26. The Hall–Kier alpha value is -0.830. The fraction of sp³-hybridized carbons (Fsp3) is 0.769. The van der Waals surface area contributed by atoms with E-state index in [1.165, 1.54) is 31.5 Å². The van der Waals surface area contributed by atoms with Crippen LogP contribution in [-0.2, 0) is 13.5 Å². The van der Waals surface area contributed by atoms with E-state index in [4.69, 9.17) is 0 Å². The van der Waals surface area contributed by atoms with Gasteiger partial charge >= 0.3 is 0 Å². The van der Waals surface area contributed by atoms with E-state index in [9.17, 15) is 0 Å². The zero-order chi connectivity index (χ0) is 11.6. The van der Waals surface area contributed by atoms with Crippen LogP contribution in [0.3, 0.4) is 0 Å². The highest BCUT2D eigenvalue weighted by Crippen LogP contribution is 2.41. The van der Waals surface area contributed by atoms with E-state index < -0.39 is 0 Å². The van der Waals surface area contributed by atoms with E-state index in [0.29, 0.717) is 5.41 Å². The first-order chi connectivity index (χ1) is 7.63. The molecule has 1 saturated carbocycles. The Morgan fingerprint density at radius 2 is 2.44 bits per heavy atom. The van der Waals surface area contributed by atoms with Gasteiger partial charge in [0.25, 0.3) is 0 Å². The number of rotatable bonds is 4. The fourth-order valence-corrected chi connectivity index (χ4v) is 2.85. The second kappa shape index (κ2) is 4.58. The van der Waals surface area contributed by atoms with Crippen molar-refractivity contribution >= 4 is 0 Å². The number of hydrogen-bond acceptors (Lipinski definition) is 2. The van der Waals surface area contributed by atoms with Gasteiger partial charge in [0.05, 0.1) is 0 Å². The van der Waals surface area contributed by atoms with Gasteiger partial charge in [-0.3, -0.25) is 0 Å². The van der Waals surface area contributed by atoms with Gasteiger partial charge in [0.2, 0.25) is 0 Å². The van der Waals surface area contributed by atoms with Gasteiger partial charge in [0, 0.05) is 31.9 Å². The van der Waals surface area contributed by atoms with E-state index in [1.54, 1.807) is 0 Å². The third-order valence-electron chi connectivity index (χ3n) is 4.12. The maximum Gasteiger partial charge on any atom is 0.108 e. The maximum atomic E-state index is 4.39. The second-order valence-electron chi connectivity index (χ2n) is 5.49. The zero-order valence-corrected chi connectivity index (χ0v) is 10.7. The van der Waals surface area contributed by atoms with Gasteiger partial charge in [-0.1, -0.05) is 6.92 Å². The topological polar surface area (TPSA) is 29.9 Å². The van der Waals surface area contributed by atoms with Crippen LogP contribution in [-0.4, -0.2) is 22.6 Å². The molecule has 0 radical (unpaired) electrons. The van der Waals surface area contributed by atoms with Crippen LogP contribution in [0.25, 0.3) is 0 Å². The van der Waals surface area contributed by atoms with Crippen LogP contribution < -0.4 is 5.32 Å². The molecule has 2 atom stereocenters. The summed E-state index contributed by atoms with van der Waals surface area (Å²) < 4.78 is 2.13. The van der Waals surface area contributed by atoms with Crippen molar-refractivity contribution in [1.82, 2.24) is 14.9 Å². The van der Waals surface area contributed by atoms with Gasteiger partial charge in [-0.05, 0) is 38.1 Å². The van der Waals surface area contributed by atoms with Gasteiger partial charge < -0.3 is 9.88 Å². The Bertz CT molecular complexity index is 345. The van der Waals surface area contributed by atoms with E-state index in [-0.39, 0.29) is 0 Å². The lowest BCUT2D eigenvalue weighted by Gasteiger charge is -2.23. The molecule has 1 N–H and O–H groups in total. The molecule has 1 fully saturated rings. The SMILES string of the molecule is CNC1CCC(C)(CCc2nccn2C)C1. The van der Waals surface area contributed by atoms with Gasteiger partial charge in [-0.25, -0.2) is 4.98 Å². The summed E-state index contributed by atoms with van der Waals surface area (Å²) in [5.74, 6) is 1.22. The van der Waals surface area contributed by atoms with Crippen molar-refractivity contribution in [2.75, 3.05) is 7.05 Å². The molecule has 0 bridgehead atoms. The zero-order valence-electron chi connectivity index (χ0n) is 10.7. The van der Waals surface area contributed by atoms with Crippen LogP contribution in [0.2, 0.25) is 0 Å². The predicted molar refractivity (Wildman–Crippen MR) is 66.3 cm³/mol. The number of nitrogens with one attached hydrogen (secondary N) is 1. The van der Waals surface area contributed by atoms with E-state index in [0.717, 1.165) is 12.5 Å². The average molecular weight is 221 g/mol. The minimum absolute atomic E-state index is 0.514. The van der Waals surface area contributed by atoms with E-state index in [1.807, 2.05) is 12.4 Å². The Kier molecular flexibility index (Phi) is 3.33. The molecule has 1 aromatic rings. The summed E-state index contributed by atoms with van der Waals surface area (Å²) in [6, 6.07) is 0.728. The Balaban J connectivity index is 1.88. The molecule has 90 valence electrons. The maximum absolute atomic E-state index is 4.39. The standard InChI is InChI=1S/C13H23N3/c1-13(6-4-11(10-13)14-2)7-5-12-15-8-9-16(12)3/h8-9,11,14H,4-7,10H2,1-3H3. The molecule has 2 rings (SSSR count). The second-order valence-corrected chi connectivity index (χ2v) is 5.49. The smallest absolute Gasteiger partial charge is 0.108 e. The average Bonchev–Trinajstić information content (AvgIpc) is 2.83. The molecule has 16 heavy (non-hydrogen) atoms. The van der Waals surface area contributed by atoms with Gasteiger partial charge in [0.1, 0.15) is 5.82 Å². The van der Waals surface area contributed by atoms with Crippen LogP contribution in [0.1, 0.15) is 38.4 Å². The summed E-state index contributed by atoms with van der Waals surface area (Å²) >= 11 is 0. The van der Waals surface area contributed by atoms with Crippen molar-refractivity contribution < 1.29 is 0 Å². The monoisotopic (exact) mass is 221 g/mol.